The second-order valence-electron chi connectivity index (χ2n) is 3.24. The van der Waals surface area contributed by atoms with E-state index in [-0.39, 0.29) is 16.5 Å². The monoisotopic (exact) mass is 339 g/mol. The van der Waals surface area contributed by atoms with Gasteiger partial charge in [0.1, 0.15) is 11.3 Å². The summed E-state index contributed by atoms with van der Waals surface area (Å²) in [6, 6.07) is 1.87. The van der Waals surface area contributed by atoms with Gasteiger partial charge in [0.15, 0.2) is 0 Å². The Kier molecular flexibility index (Phi) is 5.16. The van der Waals surface area contributed by atoms with Crippen LogP contribution in [0.4, 0.5) is 14.5 Å². The Bertz CT molecular complexity index is 509. The smallest absolute Gasteiger partial charge is 0.387 e. The summed E-state index contributed by atoms with van der Waals surface area (Å²) in [6.07, 6.45) is 0. The minimum absolute atomic E-state index is 0.0404. The van der Waals surface area contributed by atoms with E-state index in [1.807, 2.05) is 0 Å². The number of nitro benzene ring substituents is 1. The Hall–Kier alpha value is -1.77. The highest BCUT2D eigenvalue weighted by Crippen LogP contribution is 2.31. The highest BCUT2D eigenvalue weighted by molar-refractivity contribution is 9.08. The Balaban J connectivity index is 3.44. The van der Waals surface area contributed by atoms with E-state index >= 15 is 0 Å². The second kappa shape index (κ2) is 6.41. The van der Waals surface area contributed by atoms with Gasteiger partial charge in [-0.05, 0) is 11.6 Å². The molecule has 0 aliphatic carbocycles. The quantitative estimate of drug-likeness (QED) is 0.356. The molecule has 0 saturated heterocycles. The number of nitro groups is 1. The molecule has 0 atom stereocenters. The van der Waals surface area contributed by atoms with Crippen molar-refractivity contribution in [2.24, 2.45) is 0 Å². The summed E-state index contributed by atoms with van der Waals surface area (Å²) in [5.41, 5.74) is -0.831. The van der Waals surface area contributed by atoms with Crippen LogP contribution in [-0.4, -0.2) is 24.6 Å². The molecule has 0 saturated carbocycles. The van der Waals surface area contributed by atoms with Crippen molar-refractivity contribution >= 4 is 27.6 Å². The first kappa shape index (κ1) is 15.3. The molecular weight excluding hydrogens is 332 g/mol. The maximum absolute atomic E-state index is 12.1. The molecule has 19 heavy (non-hydrogen) atoms. The van der Waals surface area contributed by atoms with Crippen LogP contribution < -0.4 is 4.74 Å². The molecular formula is C10H8BrF2NO5. The highest BCUT2D eigenvalue weighted by Gasteiger charge is 2.26. The normalized spacial score (nSPS) is 10.4. The Morgan fingerprint density at radius 2 is 2.16 bits per heavy atom. The third-order valence-electron chi connectivity index (χ3n) is 2.13. The zero-order valence-corrected chi connectivity index (χ0v) is 11.1. The second-order valence-corrected chi connectivity index (χ2v) is 3.80. The number of esters is 1. The zero-order chi connectivity index (χ0) is 14.6. The van der Waals surface area contributed by atoms with E-state index in [4.69, 9.17) is 0 Å². The number of ether oxygens (including phenoxy) is 2. The minimum Gasteiger partial charge on any atom is -0.465 e. The van der Waals surface area contributed by atoms with E-state index in [1.54, 1.807) is 0 Å². The van der Waals surface area contributed by atoms with Gasteiger partial charge >= 0.3 is 12.6 Å². The minimum atomic E-state index is -3.12. The van der Waals surface area contributed by atoms with Crippen LogP contribution in [0, 0.1) is 10.1 Å². The van der Waals surface area contributed by atoms with Gasteiger partial charge in [-0.1, -0.05) is 15.9 Å². The Morgan fingerprint density at radius 1 is 1.53 bits per heavy atom. The number of nitrogens with zero attached hydrogens (tertiary/aromatic N) is 1. The molecule has 0 radical (unpaired) electrons. The lowest BCUT2D eigenvalue weighted by molar-refractivity contribution is -0.385. The van der Waals surface area contributed by atoms with Crippen LogP contribution >= 0.6 is 15.9 Å². The van der Waals surface area contributed by atoms with Crippen LogP contribution in [0.5, 0.6) is 5.75 Å². The number of methoxy groups -OCH3 is 1. The Morgan fingerprint density at radius 3 is 2.58 bits per heavy atom. The maximum Gasteiger partial charge on any atom is 0.387 e. The molecule has 0 N–H and O–H groups in total. The van der Waals surface area contributed by atoms with E-state index in [1.165, 1.54) is 0 Å². The number of carbonyl (C=O) groups is 1. The van der Waals surface area contributed by atoms with Gasteiger partial charge in [0.05, 0.1) is 18.1 Å². The van der Waals surface area contributed by atoms with Gasteiger partial charge in [-0.3, -0.25) is 10.1 Å². The average molecular weight is 340 g/mol. The average Bonchev–Trinajstić information content (AvgIpc) is 2.35. The van der Waals surface area contributed by atoms with Gasteiger partial charge in [-0.15, -0.1) is 0 Å². The molecule has 0 spiro atoms. The molecule has 6 nitrogen and oxygen atoms in total. The summed E-state index contributed by atoms with van der Waals surface area (Å²) in [7, 11) is 1.06. The van der Waals surface area contributed by atoms with Gasteiger partial charge < -0.3 is 9.47 Å². The molecule has 1 aromatic rings. The summed E-state index contributed by atoms with van der Waals surface area (Å²) < 4.78 is 32.8. The van der Waals surface area contributed by atoms with Crippen molar-refractivity contribution in [1.29, 1.82) is 0 Å². The van der Waals surface area contributed by atoms with Crippen molar-refractivity contribution in [2.75, 3.05) is 7.11 Å². The maximum atomic E-state index is 12.1. The van der Waals surface area contributed by atoms with Gasteiger partial charge in [-0.2, -0.15) is 8.78 Å². The van der Waals surface area contributed by atoms with Gasteiger partial charge in [0, 0.05) is 5.33 Å². The first-order valence-electron chi connectivity index (χ1n) is 4.81. The highest BCUT2D eigenvalue weighted by atomic mass is 79.9. The number of halogens is 3. The molecule has 1 rings (SSSR count). The van der Waals surface area contributed by atoms with Crippen LogP contribution in [0.1, 0.15) is 15.9 Å². The molecule has 9 heteroatoms. The molecule has 0 aliphatic heterocycles. The molecule has 0 fully saturated rings. The number of benzene rings is 1. The van der Waals surface area contributed by atoms with Crippen molar-refractivity contribution in [3.05, 3.63) is 33.4 Å². The van der Waals surface area contributed by atoms with E-state index < -0.39 is 28.9 Å². The fraction of sp³-hybridized carbons (Fsp3) is 0.300. The fourth-order valence-corrected chi connectivity index (χ4v) is 1.86. The third-order valence-corrected chi connectivity index (χ3v) is 2.73. The van der Waals surface area contributed by atoms with Crippen molar-refractivity contribution in [3.63, 3.8) is 0 Å². The van der Waals surface area contributed by atoms with Crippen molar-refractivity contribution in [2.45, 2.75) is 11.9 Å². The third kappa shape index (κ3) is 3.60. The molecule has 0 unspecified atom stereocenters. The standard InChI is InChI=1S/C10H8BrF2NO5/c1-18-9(15)8-5(4-11)2-6(19-10(12)13)3-7(8)14(16)17/h2-3,10H,4H2,1H3. The van der Waals surface area contributed by atoms with E-state index in [9.17, 15) is 23.7 Å². The number of hydrogen-bond donors (Lipinski definition) is 0. The lowest BCUT2D eigenvalue weighted by Gasteiger charge is -2.10. The molecule has 0 aromatic heterocycles. The Labute approximate surface area is 114 Å². The van der Waals surface area contributed by atoms with E-state index in [0.29, 0.717) is 0 Å². The van der Waals surface area contributed by atoms with E-state index in [0.717, 1.165) is 19.2 Å². The predicted molar refractivity (Wildman–Crippen MR) is 63.7 cm³/mol. The van der Waals surface area contributed by atoms with Crippen LogP contribution in [0.25, 0.3) is 0 Å². The van der Waals surface area contributed by atoms with Gasteiger partial charge in [0.2, 0.25) is 0 Å². The molecule has 0 aliphatic rings. The van der Waals surface area contributed by atoms with Crippen LogP contribution in [-0.2, 0) is 10.1 Å². The summed E-state index contributed by atoms with van der Waals surface area (Å²) in [5, 5.41) is 10.9. The zero-order valence-electron chi connectivity index (χ0n) is 9.56. The topological polar surface area (TPSA) is 78.7 Å². The summed E-state index contributed by atoms with van der Waals surface area (Å²) >= 11 is 3.02. The fourth-order valence-electron chi connectivity index (χ4n) is 1.41. The molecule has 0 heterocycles. The number of carbonyl (C=O) groups excluding carboxylic acids is 1. The van der Waals surface area contributed by atoms with Crippen LogP contribution in [0.2, 0.25) is 0 Å². The van der Waals surface area contributed by atoms with Crippen molar-refractivity contribution in [3.8, 4) is 5.75 Å². The lowest BCUT2D eigenvalue weighted by atomic mass is 10.1. The molecule has 104 valence electrons. The van der Waals surface area contributed by atoms with Crippen molar-refractivity contribution < 1.29 is 28.0 Å². The first-order chi connectivity index (χ1) is 8.90. The van der Waals surface area contributed by atoms with Crippen LogP contribution in [0.15, 0.2) is 12.1 Å². The van der Waals surface area contributed by atoms with Crippen LogP contribution in [0.3, 0.4) is 0 Å². The number of alkyl halides is 3. The molecule has 0 amide bonds. The predicted octanol–water partition coefficient (Wildman–Crippen LogP) is 2.88. The summed E-state index contributed by atoms with van der Waals surface area (Å²) in [6.45, 7) is -3.12. The van der Waals surface area contributed by atoms with Gasteiger partial charge in [-0.25, -0.2) is 4.79 Å². The number of rotatable bonds is 5. The SMILES string of the molecule is COC(=O)c1c(CBr)cc(OC(F)F)cc1[N+](=O)[O-]. The summed E-state index contributed by atoms with van der Waals surface area (Å²) in [4.78, 5) is 21.5. The lowest BCUT2D eigenvalue weighted by Crippen LogP contribution is -2.10. The summed E-state index contributed by atoms with van der Waals surface area (Å²) in [5.74, 6) is -1.33. The largest absolute Gasteiger partial charge is 0.465 e. The van der Waals surface area contributed by atoms with E-state index in [2.05, 4.69) is 25.4 Å². The molecule has 1 aromatic carbocycles. The van der Waals surface area contributed by atoms with Gasteiger partial charge in [0.25, 0.3) is 5.69 Å². The van der Waals surface area contributed by atoms with Crippen molar-refractivity contribution in [1.82, 2.24) is 0 Å². The molecule has 0 bridgehead atoms. The number of hydrogen-bond acceptors (Lipinski definition) is 5. The first-order valence-corrected chi connectivity index (χ1v) is 5.93.